The molecule has 0 radical (unpaired) electrons. The number of hydrogen-bond acceptors (Lipinski definition) is 4. The topological polar surface area (TPSA) is 55.8 Å². The van der Waals surface area contributed by atoms with E-state index in [9.17, 15) is 36.2 Å². The summed E-state index contributed by atoms with van der Waals surface area (Å²) >= 11 is 0. The number of esters is 1. The Labute approximate surface area is 179 Å². The summed E-state index contributed by atoms with van der Waals surface area (Å²) in [5, 5.41) is 10.1. The maximum absolute atomic E-state index is 13.6. The molecule has 4 nitrogen and oxygen atoms in total. The van der Waals surface area contributed by atoms with Crippen LogP contribution in [0.5, 0.6) is 0 Å². The van der Waals surface area contributed by atoms with Crippen LogP contribution in [0.2, 0.25) is 0 Å². The van der Waals surface area contributed by atoms with Crippen molar-refractivity contribution in [2.75, 3.05) is 0 Å². The van der Waals surface area contributed by atoms with Crippen molar-refractivity contribution < 1.29 is 45.7 Å². The lowest BCUT2D eigenvalue weighted by Crippen LogP contribution is -2.67. The number of allylic oxidation sites excluding steroid dienone is 1. The molecule has 1 N–H and O–H groups in total. The second kappa shape index (κ2) is 7.93. The van der Waals surface area contributed by atoms with Gasteiger partial charge in [-0.2, -0.15) is 26.3 Å². The molecular formula is C21H32F6O4. The normalized spacial score (nSPS) is 32.2. The molecule has 182 valence electrons. The van der Waals surface area contributed by atoms with E-state index in [2.05, 4.69) is 4.74 Å². The molecular weight excluding hydrogens is 430 g/mol. The minimum Gasteiger partial charge on any atom is -0.458 e. The summed E-state index contributed by atoms with van der Waals surface area (Å²) in [5.41, 5.74) is -7.03. The zero-order valence-corrected chi connectivity index (χ0v) is 19.1. The molecule has 4 atom stereocenters. The van der Waals surface area contributed by atoms with Crippen molar-refractivity contribution >= 4 is 5.97 Å². The zero-order valence-electron chi connectivity index (χ0n) is 19.1. The van der Waals surface area contributed by atoms with Crippen LogP contribution in [0.3, 0.4) is 0 Å². The summed E-state index contributed by atoms with van der Waals surface area (Å²) in [6, 6.07) is 0. The third-order valence-corrected chi connectivity index (χ3v) is 6.39. The lowest BCUT2D eigenvalue weighted by Gasteiger charge is -2.52. The highest BCUT2D eigenvalue weighted by Gasteiger charge is 2.71. The third-order valence-electron chi connectivity index (χ3n) is 6.39. The maximum Gasteiger partial charge on any atom is 0.443 e. The predicted molar refractivity (Wildman–Crippen MR) is 102 cm³/mol. The molecule has 1 rings (SSSR count). The van der Waals surface area contributed by atoms with Crippen LogP contribution in [0.1, 0.15) is 74.7 Å². The van der Waals surface area contributed by atoms with Gasteiger partial charge in [0, 0.05) is 6.42 Å². The van der Waals surface area contributed by atoms with Crippen LogP contribution in [0.15, 0.2) is 11.6 Å². The molecule has 0 aromatic rings. The largest absolute Gasteiger partial charge is 0.458 e. The van der Waals surface area contributed by atoms with Gasteiger partial charge in [-0.05, 0) is 46.5 Å². The highest BCUT2D eigenvalue weighted by atomic mass is 19.4. The van der Waals surface area contributed by atoms with E-state index < -0.39 is 59.0 Å². The smallest absolute Gasteiger partial charge is 0.443 e. The van der Waals surface area contributed by atoms with Crippen LogP contribution in [-0.4, -0.2) is 40.4 Å². The number of carbonyl (C=O) groups excluding carboxylic acids is 1. The zero-order chi connectivity index (χ0) is 24.9. The van der Waals surface area contributed by atoms with Crippen molar-refractivity contribution in [1.29, 1.82) is 0 Å². The number of rotatable bonds is 5. The maximum atomic E-state index is 13.6. The quantitative estimate of drug-likeness (QED) is 0.306. The molecule has 0 aliphatic carbocycles. The average molecular weight is 462 g/mol. The number of halogens is 6. The van der Waals surface area contributed by atoms with Gasteiger partial charge >= 0.3 is 18.3 Å². The molecule has 0 amide bonds. The fraction of sp³-hybridized carbons (Fsp3) is 0.857. The van der Waals surface area contributed by atoms with Crippen LogP contribution < -0.4 is 0 Å². The Morgan fingerprint density at radius 2 is 1.52 bits per heavy atom. The predicted octanol–water partition coefficient (Wildman–Crippen LogP) is 6.08. The van der Waals surface area contributed by atoms with E-state index in [0.29, 0.717) is 13.3 Å². The van der Waals surface area contributed by atoms with Crippen molar-refractivity contribution in [2.45, 2.75) is 104 Å². The number of ether oxygens (including phenoxy) is 2. The first-order valence-electron chi connectivity index (χ1n) is 9.93. The standard InChI is InChI=1S/C21H32F6O4/c1-9-15(4,5)17(7,10-13(2)3)14(28)30-16(6)11-18(8,20(22,23)24)31-19(29,12-16)21(25,26)27/h10,29H,9,11-12H2,1-8H3. The van der Waals surface area contributed by atoms with Gasteiger partial charge in [-0.1, -0.05) is 32.4 Å². The molecule has 31 heavy (non-hydrogen) atoms. The van der Waals surface area contributed by atoms with Gasteiger partial charge in [-0.15, -0.1) is 0 Å². The number of aliphatic hydroxyl groups is 1. The molecule has 4 unspecified atom stereocenters. The van der Waals surface area contributed by atoms with Crippen LogP contribution in [0.4, 0.5) is 26.3 Å². The van der Waals surface area contributed by atoms with E-state index in [1.54, 1.807) is 33.8 Å². The Balaban J connectivity index is 3.53. The monoisotopic (exact) mass is 462 g/mol. The summed E-state index contributed by atoms with van der Waals surface area (Å²) in [6.45, 7) is 11.7. The fourth-order valence-electron chi connectivity index (χ4n) is 3.92. The van der Waals surface area contributed by atoms with Gasteiger partial charge in [0.2, 0.25) is 0 Å². The summed E-state index contributed by atoms with van der Waals surface area (Å²) in [7, 11) is 0. The van der Waals surface area contributed by atoms with Gasteiger partial charge < -0.3 is 14.6 Å². The van der Waals surface area contributed by atoms with Crippen LogP contribution in [0.25, 0.3) is 0 Å². The Bertz CT molecular complexity index is 694. The van der Waals surface area contributed by atoms with Gasteiger partial charge in [0.1, 0.15) is 5.60 Å². The van der Waals surface area contributed by atoms with Gasteiger partial charge in [0.25, 0.3) is 5.79 Å². The molecule has 1 fully saturated rings. The van der Waals surface area contributed by atoms with E-state index in [1.165, 1.54) is 6.92 Å². The molecule has 1 aliphatic heterocycles. The molecule has 0 bridgehead atoms. The van der Waals surface area contributed by atoms with Gasteiger partial charge in [0.15, 0.2) is 5.60 Å². The lowest BCUT2D eigenvalue weighted by molar-refractivity contribution is -0.453. The summed E-state index contributed by atoms with van der Waals surface area (Å²) in [4.78, 5) is 13.2. The minimum atomic E-state index is -5.54. The number of carbonyl (C=O) groups is 1. The third kappa shape index (κ3) is 5.21. The summed E-state index contributed by atoms with van der Waals surface area (Å²) < 4.78 is 91.0. The van der Waals surface area contributed by atoms with Crippen molar-refractivity contribution in [1.82, 2.24) is 0 Å². The van der Waals surface area contributed by atoms with Crippen LogP contribution in [-0.2, 0) is 14.3 Å². The number of alkyl halides is 6. The van der Waals surface area contributed by atoms with Crippen molar-refractivity contribution in [3.63, 3.8) is 0 Å². The molecule has 0 aromatic carbocycles. The van der Waals surface area contributed by atoms with E-state index >= 15 is 0 Å². The number of hydrogen-bond donors (Lipinski definition) is 1. The first-order chi connectivity index (χ1) is 13.5. The van der Waals surface area contributed by atoms with E-state index in [-0.39, 0.29) is 0 Å². The van der Waals surface area contributed by atoms with Gasteiger partial charge in [-0.3, -0.25) is 4.79 Å². The van der Waals surface area contributed by atoms with Crippen molar-refractivity contribution in [3.8, 4) is 0 Å². The molecule has 10 heteroatoms. The van der Waals surface area contributed by atoms with Gasteiger partial charge in [-0.25, -0.2) is 0 Å². The molecule has 1 saturated heterocycles. The highest BCUT2D eigenvalue weighted by molar-refractivity contribution is 5.80. The molecule has 0 aromatic heterocycles. The molecule has 1 aliphatic rings. The van der Waals surface area contributed by atoms with Crippen LogP contribution in [0, 0.1) is 10.8 Å². The van der Waals surface area contributed by atoms with E-state index in [4.69, 9.17) is 4.74 Å². The van der Waals surface area contributed by atoms with E-state index in [1.807, 2.05) is 6.92 Å². The second-order valence-electron chi connectivity index (χ2n) is 9.97. The fourth-order valence-corrected chi connectivity index (χ4v) is 3.92. The Kier molecular flexibility index (Phi) is 7.10. The Hall–Kier alpha value is -1.29. The highest BCUT2D eigenvalue weighted by Crippen LogP contribution is 2.54. The van der Waals surface area contributed by atoms with Crippen molar-refractivity contribution in [3.05, 3.63) is 11.6 Å². The molecule has 0 spiro atoms. The van der Waals surface area contributed by atoms with Crippen LogP contribution >= 0.6 is 0 Å². The molecule has 1 heterocycles. The minimum absolute atomic E-state index is 0.403. The Morgan fingerprint density at radius 1 is 1.03 bits per heavy atom. The summed E-state index contributed by atoms with van der Waals surface area (Å²) in [5.74, 6) is -5.11. The first kappa shape index (κ1) is 27.7. The first-order valence-corrected chi connectivity index (χ1v) is 9.93. The van der Waals surface area contributed by atoms with Crippen molar-refractivity contribution in [2.24, 2.45) is 10.8 Å². The van der Waals surface area contributed by atoms with E-state index in [0.717, 1.165) is 12.5 Å². The second-order valence-corrected chi connectivity index (χ2v) is 9.97. The average Bonchev–Trinajstić information content (AvgIpc) is 2.50. The lowest BCUT2D eigenvalue weighted by atomic mass is 9.64. The summed E-state index contributed by atoms with van der Waals surface area (Å²) in [6.07, 6.45) is -11.2. The Morgan fingerprint density at radius 3 is 1.87 bits per heavy atom. The molecule has 0 saturated carbocycles. The SMILES string of the molecule is CCC(C)(C)C(C)(C=C(C)C)C(=O)OC1(C)CC(C)(C(F)(F)F)OC(O)(C(F)(F)F)C1. The van der Waals surface area contributed by atoms with Gasteiger partial charge in [0.05, 0.1) is 11.8 Å².